The van der Waals surface area contributed by atoms with Crippen molar-refractivity contribution in [2.45, 2.75) is 82.6 Å². The molecule has 0 aromatic heterocycles. The van der Waals surface area contributed by atoms with E-state index < -0.39 is 54.3 Å². The summed E-state index contributed by atoms with van der Waals surface area (Å²) in [6.07, 6.45) is 0.817. The molecule has 2 saturated carbocycles. The topological polar surface area (TPSA) is 192 Å². The molecule has 3 aliphatic heterocycles. The number of carboxylic acids is 1. The number of aromatic hydroxyl groups is 1. The lowest BCUT2D eigenvalue weighted by Gasteiger charge is -2.61. The number of ketones is 1. The van der Waals surface area contributed by atoms with Gasteiger partial charge >= 0.3 is 5.97 Å². The van der Waals surface area contributed by atoms with E-state index in [0.717, 1.165) is 24.8 Å². The van der Waals surface area contributed by atoms with Crippen molar-refractivity contribution in [2.24, 2.45) is 29.1 Å². The highest BCUT2D eigenvalue weighted by molar-refractivity contribution is 6.08. The van der Waals surface area contributed by atoms with E-state index in [4.69, 9.17) is 18.9 Å². The number of carboxylic acid groups (broad SMARTS) is 1. The minimum Gasteiger partial charge on any atom is -0.506 e. The first-order chi connectivity index (χ1) is 24.5. The molecular formula is C39H46O12. The molecular weight excluding hydrogens is 660 g/mol. The number of phenolic OH excluding ortho intramolecular Hbond substituents is 1. The van der Waals surface area contributed by atoms with E-state index in [1.807, 2.05) is 0 Å². The fourth-order valence-electron chi connectivity index (χ4n) is 11.1. The van der Waals surface area contributed by atoms with Gasteiger partial charge < -0.3 is 49.6 Å². The molecule has 2 aromatic carbocycles. The molecule has 8 rings (SSSR count). The number of aromatic carboxylic acids is 1. The third kappa shape index (κ3) is 5.05. The average Bonchev–Trinajstić information content (AvgIpc) is 3.46. The first-order valence-electron chi connectivity index (χ1n) is 18.0. The van der Waals surface area contributed by atoms with E-state index in [1.165, 1.54) is 30.2 Å². The Kier molecular flexibility index (Phi) is 8.61. The zero-order chi connectivity index (χ0) is 36.0. The van der Waals surface area contributed by atoms with Crippen LogP contribution in [-0.2, 0) is 14.2 Å². The lowest BCUT2D eigenvalue weighted by Crippen LogP contribution is -2.69. The number of aliphatic hydroxyl groups excluding tert-OH is 4. The number of allylic oxidation sites excluding steroid dienone is 2. The summed E-state index contributed by atoms with van der Waals surface area (Å²) in [7, 11) is 0. The summed E-state index contributed by atoms with van der Waals surface area (Å²) in [5.41, 5.74) is 2.00. The molecule has 51 heavy (non-hydrogen) atoms. The summed E-state index contributed by atoms with van der Waals surface area (Å²) < 4.78 is 25.3. The summed E-state index contributed by atoms with van der Waals surface area (Å²) in [5.74, 6) is -1.49. The Labute approximate surface area is 295 Å². The SMILES string of the molecule is CC(=O)c1c(C)cc2cc(C(=O)O)cc(OC3OC(CO)C4(CC5C6=C(CC=C6C6(CCO)COCC7CCCC5C76)CO4)C(O)C3O)c2c1O. The summed E-state index contributed by atoms with van der Waals surface area (Å²) in [6.45, 7) is 3.79. The van der Waals surface area contributed by atoms with Gasteiger partial charge in [-0.05, 0) is 109 Å². The molecule has 10 unspecified atom stereocenters. The molecule has 12 nitrogen and oxygen atoms in total. The van der Waals surface area contributed by atoms with Crippen molar-refractivity contribution in [3.05, 3.63) is 57.7 Å². The summed E-state index contributed by atoms with van der Waals surface area (Å²) in [4.78, 5) is 24.6. The van der Waals surface area contributed by atoms with Gasteiger partial charge in [-0.3, -0.25) is 4.79 Å². The zero-order valence-corrected chi connectivity index (χ0v) is 28.8. The highest BCUT2D eigenvalue weighted by atomic mass is 16.7. The van der Waals surface area contributed by atoms with Crippen molar-refractivity contribution in [3.8, 4) is 11.5 Å². The highest BCUT2D eigenvalue weighted by Crippen LogP contribution is 2.66. The molecule has 6 N–H and O–H groups in total. The first-order valence-corrected chi connectivity index (χ1v) is 18.0. The van der Waals surface area contributed by atoms with E-state index in [-0.39, 0.29) is 70.5 Å². The Hall–Kier alpha value is -3.36. The third-order valence-corrected chi connectivity index (χ3v) is 13.0. The van der Waals surface area contributed by atoms with Crippen molar-refractivity contribution in [1.82, 2.24) is 0 Å². The molecule has 0 amide bonds. The van der Waals surface area contributed by atoms with E-state index >= 15 is 0 Å². The molecule has 3 heterocycles. The van der Waals surface area contributed by atoms with Crippen LogP contribution < -0.4 is 4.74 Å². The minimum absolute atomic E-state index is 0.0403. The van der Waals surface area contributed by atoms with Gasteiger partial charge in [-0.25, -0.2) is 4.79 Å². The lowest BCUT2D eigenvalue weighted by atomic mass is 9.46. The van der Waals surface area contributed by atoms with Crippen molar-refractivity contribution >= 4 is 22.5 Å². The maximum atomic E-state index is 12.5. The van der Waals surface area contributed by atoms with Crippen LogP contribution in [-0.4, -0.2) is 106 Å². The second-order valence-corrected chi connectivity index (χ2v) is 15.5. The van der Waals surface area contributed by atoms with Gasteiger partial charge in [-0.1, -0.05) is 18.6 Å². The van der Waals surface area contributed by atoms with E-state index in [1.54, 1.807) is 13.0 Å². The molecule has 10 atom stereocenters. The normalized spacial score (nSPS) is 37.1. The number of aryl methyl sites for hydroxylation is 1. The fraction of sp³-hybridized carbons (Fsp3) is 0.590. The van der Waals surface area contributed by atoms with Gasteiger partial charge in [0.05, 0.1) is 36.3 Å². The Morgan fingerprint density at radius 3 is 2.65 bits per heavy atom. The number of ether oxygens (including phenoxy) is 4. The van der Waals surface area contributed by atoms with Crippen LogP contribution in [0.3, 0.4) is 0 Å². The molecule has 2 aromatic rings. The number of rotatable bonds is 7. The molecule has 0 radical (unpaired) electrons. The van der Waals surface area contributed by atoms with Crippen LogP contribution in [0.2, 0.25) is 0 Å². The first kappa shape index (κ1) is 34.7. The minimum atomic E-state index is -1.71. The van der Waals surface area contributed by atoms with Gasteiger partial charge in [-0.2, -0.15) is 0 Å². The van der Waals surface area contributed by atoms with Gasteiger partial charge in [0.25, 0.3) is 0 Å². The van der Waals surface area contributed by atoms with Crippen molar-refractivity contribution in [3.63, 3.8) is 0 Å². The number of hydrogen-bond acceptors (Lipinski definition) is 11. The predicted octanol–water partition coefficient (Wildman–Crippen LogP) is 3.42. The lowest BCUT2D eigenvalue weighted by molar-refractivity contribution is -0.326. The number of Topliss-reactive ketones (excluding diaryl/α,β-unsaturated/α-hetero) is 1. The van der Waals surface area contributed by atoms with Crippen LogP contribution in [0, 0.1) is 36.0 Å². The number of phenols is 1. The Bertz CT molecular complexity index is 1840. The monoisotopic (exact) mass is 706 g/mol. The predicted molar refractivity (Wildman–Crippen MR) is 181 cm³/mol. The van der Waals surface area contributed by atoms with Crippen molar-refractivity contribution in [2.75, 3.05) is 33.0 Å². The largest absolute Gasteiger partial charge is 0.506 e. The van der Waals surface area contributed by atoms with Crippen LogP contribution in [0.25, 0.3) is 10.8 Å². The third-order valence-electron chi connectivity index (χ3n) is 13.0. The van der Waals surface area contributed by atoms with Crippen LogP contribution in [0.5, 0.6) is 11.5 Å². The van der Waals surface area contributed by atoms with Crippen LogP contribution >= 0.6 is 0 Å². The van der Waals surface area contributed by atoms with Crippen LogP contribution in [0.4, 0.5) is 0 Å². The number of aliphatic hydroxyl groups is 4. The molecule has 3 aliphatic carbocycles. The smallest absolute Gasteiger partial charge is 0.335 e. The van der Waals surface area contributed by atoms with Crippen LogP contribution in [0.1, 0.15) is 71.7 Å². The van der Waals surface area contributed by atoms with Crippen LogP contribution in [0.15, 0.2) is 41.0 Å². The van der Waals surface area contributed by atoms with Gasteiger partial charge in [0.1, 0.15) is 35.4 Å². The van der Waals surface area contributed by atoms with Crippen molar-refractivity contribution < 1.29 is 59.2 Å². The summed E-state index contributed by atoms with van der Waals surface area (Å²) >= 11 is 0. The quantitative estimate of drug-likeness (QED) is 0.230. The summed E-state index contributed by atoms with van der Waals surface area (Å²) in [6, 6.07) is 4.09. The number of carbonyl (C=O) groups excluding carboxylic acids is 1. The van der Waals surface area contributed by atoms with Gasteiger partial charge in [0.15, 0.2) is 5.78 Å². The number of benzene rings is 2. The molecule has 4 fully saturated rings. The maximum absolute atomic E-state index is 12.5. The second kappa shape index (κ2) is 12.6. The second-order valence-electron chi connectivity index (χ2n) is 15.5. The average molecular weight is 707 g/mol. The van der Waals surface area contributed by atoms with Gasteiger partial charge in [0.2, 0.25) is 6.29 Å². The molecule has 0 bridgehead atoms. The molecule has 6 aliphatic rings. The van der Waals surface area contributed by atoms with Gasteiger partial charge in [0, 0.05) is 18.6 Å². The van der Waals surface area contributed by atoms with E-state index in [0.29, 0.717) is 37.5 Å². The maximum Gasteiger partial charge on any atom is 0.335 e. The Morgan fingerprint density at radius 1 is 1.12 bits per heavy atom. The molecule has 2 saturated heterocycles. The summed E-state index contributed by atoms with van der Waals surface area (Å²) in [5, 5.41) is 66.6. The number of hydrogen-bond donors (Lipinski definition) is 6. The Morgan fingerprint density at radius 2 is 1.92 bits per heavy atom. The molecule has 274 valence electrons. The molecule has 12 heteroatoms. The number of fused-ring (bicyclic) bond motifs is 3. The van der Waals surface area contributed by atoms with E-state index in [2.05, 4.69) is 6.08 Å². The van der Waals surface area contributed by atoms with Crippen molar-refractivity contribution in [1.29, 1.82) is 0 Å². The molecule has 1 spiro atoms. The number of carbonyl (C=O) groups is 2. The van der Waals surface area contributed by atoms with E-state index in [9.17, 15) is 40.2 Å². The fourth-order valence-corrected chi connectivity index (χ4v) is 11.1. The Balaban J connectivity index is 1.16. The zero-order valence-electron chi connectivity index (χ0n) is 28.8. The standard InChI is InChI=1S/C39H46O12/c1-18-10-22-11-23(36(46)47)12-27(31(22)33(43)29(18)19(2)42)50-37-34(44)35(45)39(28(14-41)51-37)13-25-24-5-3-4-21-15-48-17-38(8-9-40,32(21)24)26-7-6-20(16-49-39)30(25)26/h7,10-12,21,24-25,28,32,34-35,37,40-41,43-45H,3-6,8-9,13-17H2,1-2H3,(H,46,47). The van der Waals surface area contributed by atoms with Gasteiger partial charge in [-0.15, -0.1) is 0 Å². The highest BCUT2D eigenvalue weighted by Gasteiger charge is 2.65.